The van der Waals surface area contributed by atoms with E-state index in [-0.39, 0.29) is 17.3 Å². The number of rotatable bonds is 3. The third kappa shape index (κ3) is 2.14. The molecular formula is C12H11BrClNOS. The molecule has 17 heavy (non-hydrogen) atoms. The molecule has 90 valence electrons. The topological polar surface area (TPSA) is 20.3 Å². The van der Waals surface area contributed by atoms with E-state index in [0.29, 0.717) is 15.9 Å². The summed E-state index contributed by atoms with van der Waals surface area (Å²) < 4.78 is 0. The molecule has 1 aliphatic heterocycles. The van der Waals surface area contributed by atoms with Gasteiger partial charge in [-0.3, -0.25) is 9.69 Å². The average molecular weight is 333 g/mol. The molecule has 2 rings (SSSR count). The van der Waals surface area contributed by atoms with Gasteiger partial charge >= 0.3 is 0 Å². The van der Waals surface area contributed by atoms with E-state index in [4.69, 9.17) is 23.8 Å². The second-order valence-electron chi connectivity index (χ2n) is 3.94. The van der Waals surface area contributed by atoms with Gasteiger partial charge in [0.1, 0.15) is 4.99 Å². The highest BCUT2D eigenvalue weighted by atomic mass is 79.9. The van der Waals surface area contributed by atoms with Crippen molar-refractivity contribution in [3.63, 3.8) is 0 Å². The number of nitrogens with zero attached hydrogens (tertiary/aromatic N) is 1. The molecule has 0 aromatic heterocycles. The Bertz CT molecular complexity index is 444. The molecule has 0 radical (unpaired) electrons. The minimum atomic E-state index is -0.161. The van der Waals surface area contributed by atoms with Crippen LogP contribution in [0.25, 0.3) is 0 Å². The zero-order valence-corrected chi connectivity index (χ0v) is 12.3. The molecule has 2 unspecified atom stereocenters. The van der Waals surface area contributed by atoms with Gasteiger partial charge in [0.15, 0.2) is 0 Å². The lowest BCUT2D eigenvalue weighted by Crippen LogP contribution is -2.43. The number of amides is 1. The first-order valence-corrected chi connectivity index (χ1v) is 7.21. The van der Waals surface area contributed by atoms with Crippen LogP contribution in [0, 0.1) is 0 Å². The second kappa shape index (κ2) is 5.04. The minimum Gasteiger partial charge on any atom is -0.294 e. The summed E-state index contributed by atoms with van der Waals surface area (Å²) in [5.41, 5.74) is 1.50. The van der Waals surface area contributed by atoms with Crippen LogP contribution in [0.1, 0.15) is 22.8 Å². The molecule has 1 aliphatic rings. The van der Waals surface area contributed by atoms with Crippen molar-refractivity contribution in [2.24, 2.45) is 0 Å². The number of benzene rings is 1. The maximum Gasteiger partial charge on any atom is 0.259 e. The number of alkyl halides is 2. The number of carbonyl (C=O) groups excluding carboxylic acids is 1. The molecule has 2 atom stereocenters. The van der Waals surface area contributed by atoms with Crippen molar-refractivity contribution in [3.8, 4) is 0 Å². The van der Waals surface area contributed by atoms with Gasteiger partial charge in [-0.15, -0.1) is 11.6 Å². The van der Waals surface area contributed by atoms with Gasteiger partial charge in [0.2, 0.25) is 0 Å². The summed E-state index contributed by atoms with van der Waals surface area (Å²) in [6.45, 7) is 1.91. The van der Waals surface area contributed by atoms with Crippen LogP contribution < -0.4 is 0 Å². The Balaban J connectivity index is 2.36. The lowest BCUT2D eigenvalue weighted by molar-refractivity contribution is 0.0827. The van der Waals surface area contributed by atoms with Gasteiger partial charge in [-0.05, 0) is 13.0 Å². The Kier molecular flexibility index (Phi) is 3.85. The lowest BCUT2D eigenvalue weighted by Gasteiger charge is -2.27. The van der Waals surface area contributed by atoms with Crippen LogP contribution in [0.2, 0.25) is 0 Å². The summed E-state index contributed by atoms with van der Waals surface area (Å²) in [6.07, 6.45) is 0. The summed E-state index contributed by atoms with van der Waals surface area (Å²) in [7, 11) is 0. The van der Waals surface area contributed by atoms with Gasteiger partial charge < -0.3 is 0 Å². The van der Waals surface area contributed by atoms with Crippen molar-refractivity contribution < 1.29 is 4.79 Å². The Morgan fingerprint density at radius 1 is 1.41 bits per heavy atom. The monoisotopic (exact) mass is 331 g/mol. The smallest absolute Gasteiger partial charge is 0.259 e. The van der Waals surface area contributed by atoms with E-state index in [1.165, 1.54) is 0 Å². The molecule has 5 heteroatoms. The second-order valence-corrected chi connectivity index (χ2v) is 5.53. The van der Waals surface area contributed by atoms with Crippen molar-refractivity contribution in [2.45, 2.75) is 18.3 Å². The highest BCUT2D eigenvalue weighted by molar-refractivity contribution is 9.09. The van der Waals surface area contributed by atoms with Crippen molar-refractivity contribution >= 4 is 50.6 Å². The first-order chi connectivity index (χ1) is 8.07. The van der Waals surface area contributed by atoms with Crippen LogP contribution in [0.3, 0.4) is 0 Å². The van der Waals surface area contributed by atoms with Crippen LogP contribution in [0.4, 0.5) is 0 Å². The Morgan fingerprint density at radius 3 is 2.53 bits per heavy atom. The minimum absolute atomic E-state index is 0.0512. The average Bonchev–Trinajstić information content (AvgIpc) is 2.61. The van der Waals surface area contributed by atoms with E-state index in [2.05, 4.69) is 15.9 Å². The molecule has 0 fully saturated rings. The van der Waals surface area contributed by atoms with E-state index in [0.717, 1.165) is 5.56 Å². The fourth-order valence-corrected chi connectivity index (χ4v) is 2.95. The van der Waals surface area contributed by atoms with Crippen LogP contribution >= 0.6 is 39.7 Å². The number of hydrogen-bond donors (Lipinski definition) is 0. The molecule has 0 aliphatic carbocycles. The number of fused-ring (bicyclic) bond motifs is 1. The van der Waals surface area contributed by atoms with Gasteiger partial charge in [-0.25, -0.2) is 0 Å². The predicted octanol–water partition coefficient (Wildman–Crippen LogP) is 3.21. The van der Waals surface area contributed by atoms with E-state index >= 15 is 0 Å². The van der Waals surface area contributed by atoms with Crippen LogP contribution in [-0.2, 0) is 0 Å². The number of halogens is 2. The maximum atomic E-state index is 12.2. The van der Waals surface area contributed by atoms with E-state index < -0.39 is 0 Å². The first-order valence-electron chi connectivity index (χ1n) is 5.25. The van der Waals surface area contributed by atoms with Gasteiger partial charge in [-0.1, -0.05) is 46.3 Å². The summed E-state index contributed by atoms with van der Waals surface area (Å²) in [5, 5.41) is 0.463. The van der Waals surface area contributed by atoms with Gasteiger partial charge in [-0.2, -0.15) is 0 Å². The quantitative estimate of drug-likeness (QED) is 0.626. The van der Waals surface area contributed by atoms with Crippen molar-refractivity contribution in [2.75, 3.05) is 5.33 Å². The normalized spacial score (nSPS) is 18.2. The SMILES string of the molecule is CC(C(Cl)CBr)N1C(=O)c2ccccc2C1=S. The zero-order chi connectivity index (χ0) is 12.6. The van der Waals surface area contributed by atoms with Crippen LogP contribution in [0.15, 0.2) is 24.3 Å². The van der Waals surface area contributed by atoms with Gasteiger partial charge in [0, 0.05) is 10.9 Å². The first kappa shape index (κ1) is 13.0. The third-order valence-corrected chi connectivity index (χ3v) is 4.91. The Hall–Kier alpha value is -0.450. The van der Waals surface area contributed by atoms with Crippen LogP contribution in [0.5, 0.6) is 0 Å². The van der Waals surface area contributed by atoms with E-state index in [1.54, 1.807) is 11.0 Å². The van der Waals surface area contributed by atoms with Gasteiger partial charge in [0.25, 0.3) is 5.91 Å². The van der Waals surface area contributed by atoms with E-state index in [9.17, 15) is 4.79 Å². The summed E-state index contributed by atoms with van der Waals surface area (Å²) in [6, 6.07) is 7.28. The largest absolute Gasteiger partial charge is 0.294 e. The highest BCUT2D eigenvalue weighted by Gasteiger charge is 2.37. The molecule has 2 nitrogen and oxygen atoms in total. The number of hydrogen-bond acceptors (Lipinski definition) is 2. The third-order valence-electron chi connectivity index (χ3n) is 2.90. The molecule has 1 aromatic rings. The standard InChI is InChI=1S/C12H11BrClNOS/c1-7(10(14)6-13)15-11(16)8-4-2-3-5-9(8)12(15)17/h2-5,7,10H,6H2,1H3. The highest BCUT2D eigenvalue weighted by Crippen LogP contribution is 2.27. The molecule has 0 N–H and O–H groups in total. The molecule has 0 spiro atoms. The van der Waals surface area contributed by atoms with Crippen molar-refractivity contribution in [3.05, 3.63) is 35.4 Å². The molecule has 1 amide bonds. The van der Waals surface area contributed by atoms with E-state index in [1.807, 2.05) is 25.1 Å². The molecular weight excluding hydrogens is 322 g/mol. The number of carbonyl (C=O) groups is 1. The summed E-state index contributed by atoms with van der Waals surface area (Å²) in [5.74, 6) is -0.0512. The molecule has 1 heterocycles. The number of thiocarbonyl (C=S) groups is 1. The molecule has 0 saturated heterocycles. The maximum absolute atomic E-state index is 12.2. The Labute approximate surface area is 119 Å². The molecule has 0 bridgehead atoms. The van der Waals surface area contributed by atoms with Crippen molar-refractivity contribution in [1.82, 2.24) is 4.90 Å². The zero-order valence-electron chi connectivity index (χ0n) is 9.19. The van der Waals surface area contributed by atoms with Crippen molar-refractivity contribution in [1.29, 1.82) is 0 Å². The predicted molar refractivity (Wildman–Crippen MR) is 77.2 cm³/mol. The Morgan fingerprint density at radius 2 is 2.00 bits per heavy atom. The lowest BCUT2D eigenvalue weighted by atomic mass is 10.1. The molecule has 1 aromatic carbocycles. The van der Waals surface area contributed by atoms with Gasteiger partial charge in [0.05, 0.1) is 17.0 Å². The van der Waals surface area contributed by atoms with Crippen LogP contribution in [-0.4, -0.2) is 32.5 Å². The fraction of sp³-hybridized carbons (Fsp3) is 0.333. The molecule has 0 saturated carbocycles. The summed E-state index contributed by atoms with van der Waals surface area (Å²) in [4.78, 5) is 14.4. The fourth-order valence-electron chi connectivity index (χ4n) is 1.87. The summed E-state index contributed by atoms with van der Waals surface area (Å²) >= 11 is 14.8.